The first-order valence-electron chi connectivity index (χ1n) is 18.9. The van der Waals surface area contributed by atoms with E-state index in [1.54, 1.807) is 6.92 Å². The average molecular weight is 766 g/mol. The molecule has 5 atom stereocenters. The predicted molar refractivity (Wildman–Crippen MR) is 202 cm³/mol. The molecule has 4 amide bonds. The Morgan fingerprint density at radius 2 is 1.64 bits per heavy atom. The summed E-state index contributed by atoms with van der Waals surface area (Å²) in [5.41, 5.74) is 3.47. The van der Waals surface area contributed by atoms with Gasteiger partial charge in [-0.2, -0.15) is 0 Å². The van der Waals surface area contributed by atoms with Crippen LogP contribution in [0.15, 0.2) is 78.2 Å². The molecular formula is C40H43N7O7S. The number of carbonyl (C=O) groups is 4. The van der Waals surface area contributed by atoms with Crippen LogP contribution in [-0.4, -0.2) is 88.1 Å². The molecule has 8 rings (SSSR count). The third-order valence-electron chi connectivity index (χ3n) is 11.2. The van der Waals surface area contributed by atoms with Crippen molar-refractivity contribution in [1.82, 2.24) is 30.2 Å². The fourth-order valence-corrected chi connectivity index (χ4v) is 9.28. The van der Waals surface area contributed by atoms with Gasteiger partial charge in [0.15, 0.2) is 0 Å². The minimum atomic E-state index is -3.89. The average Bonchev–Trinajstić information content (AvgIpc) is 4.08. The second-order valence-electron chi connectivity index (χ2n) is 15.0. The van der Waals surface area contributed by atoms with Crippen LogP contribution < -0.4 is 15.4 Å². The standard InChI is InChI=1S/C40H43N7O7S/c1-24-34(42-20-19-41-24)37(49)43-32-16-6-4-2-3-5-11-25-22-40(25,39(51)46-55(52,53)27-17-18-27)44-36(48)33-21-26(23-47(33)38(32)50)54-45-35-30-14-9-7-12-28(30)29-13-8-10-15-31(29)35/h5,7-15,19-20,25-27,32-33H,2-4,6,16-18,21-23H2,1H3,(H,43,49)(H,44,48)(H,46,51)/b11-5-/t25?,26-,32+,33+,40?/m1/s1. The van der Waals surface area contributed by atoms with Crippen molar-refractivity contribution in [1.29, 1.82) is 0 Å². The lowest BCUT2D eigenvalue weighted by Crippen LogP contribution is -2.58. The number of sulfonamides is 1. The first-order chi connectivity index (χ1) is 26.6. The largest absolute Gasteiger partial charge is 0.390 e. The van der Waals surface area contributed by atoms with Crippen LogP contribution in [0.5, 0.6) is 0 Å². The Hall–Kier alpha value is -5.44. The van der Waals surface area contributed by atoms with Gasteiger partial charge in [-0.3, -0.25) is 28.9 Å². The van der Waals surface area contributed by atoms with Crippen molar-refractivity contribution >= 4 is 39.4 Å². The van der Waals surface area contributed by atoms with Gasteiger partial charge >= 0.3 is 0 Å². The van der Waals surface area contributed by atoms with Gasteiger partial charge in [0.05, 0.1) is 17.5 Å². The third kappa shape index (κ3) is 7.24. The summed E-state index contributed by atoms with van der Waals surface area (Å²) >= 11 is 0. The zero-order valence-electron chi connectivity index (χ0n) is 30.4. The summed E-state index contributed by atoms with van der Waals surface area (Å²) in [7, 11) is -3.89. The highest BCUT2D eigenvalue weighted by atomic mass is 32.2. The SMILES string of the molecule is Cc1nccnc1C(=O)N[C@H]1CCCCC/C=C\C2CC2(C(=O)NS(=O)(=O)C2CC2)NC(=O)[C@@H]2C[C@@H](ON=C3c4ccccc4-c4ccccc43)CN2C1=O. The molecule has 0 radical (unpaired) electrons. The number of fused-ring (bicyclic) bond motifs is 5. The van der Waals surface area contributed by atoms with Crippen LogP contribution in [0.3, 0.4) is 0 Å². The second-order valence-corrected chi connectivity index (χ2v) is 17.0. The van der Waals surface area contributed by atoms with Crippen LogP contribution in [-0.2, 0) is 29.2 Å². The normalized spacial score (nSPS) is 26.9. The number of aromatic nitrogens is 2. The summed E-state index contributed by atoms with van der Waals surface area (Å²) in [6, 6.07) is 13.6. The van der Waals surface area contributed by atoms with Crippen LogP contribution >= 0.6 is 0 Å². The zero-order valence-corrected chi connectivity index (χ0v) is 31.3. The molecule has 1 aromatic heterocycles. The molecule has 2 unspecified atom stereocenters. The molecule has 3 fully saturated rings. The van der Waals surface area contributed by atoms with Gasteiger partial charge in [-0.05, 0) is 56.6 Å². The lowest BCUT2D eigenvalue weighted by molar-refractivity contribution is -0.141. The Bertz CT molecular complexity index is 2170. The van der Waals surface area contributed by atoms with Gasteiger partial charge in [0.1, 0.15) is 35.1 Å². The molecule has 3 N–H and O–H groups in total. The van der Waals surface area contributed by atoms with Crippen molar-refractivity contribution < 1.29 is 32.4 Å². The van der Waals surface area contributed by atoms with E-state index in [-0.39, 0.29) is 25.1 Å². The number of allylic oxidation sites excluding steroid dienone is 1. The van der Waals surface area contributed by atoms with E-state index in [1.165, 1.54) is 17.3 Å². The molecule has 1 saturated heterocycles. The van der Waals surface area contributed by atoms with Crippen LogP contribution in [0.25, 0.3) is 11.1 Å². The number of nitrogens with one attached hydrogen (secondary N) is 3. The number of oxime groups is 1. The van der Waals surface area contributed by atoms with Gasteiger partial charge in [0.2, 0.25) is 21.8 Å². The molecule has 5 aliphatic rings. The molecule has 0 bridgehead atoms. The Morgan fingerprint density at radius 3 is 2.33 bits per heavy atom. The Balaban J connectivity index is 1.10. The highest BCUT2D eigenvalue weighted by Crippen LogP contribution is 2.46. The van der Waals surface area contributed by atoms with Crippen molar-refractivity contribution in [2.75, 3.05) is 6.54 Å². The van der Waals surface area contributed by atoms with Crippen LogP contribution in [0.4, 0.5) is 0 Å². The molecular weight excluding hydrogens is 723 g/mol. The summed E-state index contributed by atoms with van der Waals surface area (Å²) in [4.78, 5) is 72.2. The summed E-state index contributed by atoms with van der Waals surface area (Å²) < 4.78 is 27.9. The number of amides is 4. The highest BCUT2D eigenvalue weighted by Gasteiger charge is 2.62. The molecule has 2 saturated carbocycles. The summed E-state index contributed by atoms with van der Waals surface area (Å²) in [5, 5.41) is 9.74. The number of carbonyl (C=O) groups excluding carboxylic acids is 4. The van der Waals surface area contributed by atoms with Crippen LogP contribution in [0, 0.1) is 12.8 Å². The van der Waals surface area contributed by atoms with Crippen LogP contribution in [0.1, 0.15) is 85.1 Å². The quantitative estimate of drug-likeness (QED) is 0.187. The minimum Gasteiger partial charge on any atom is -0.390 e. The maximum absolute atomic E-state index is 14.6. The summed E-state index contributed by atoms with van der Waals surface area (Å²) in [6.07, 6.45) is 10.4. The van der Waals surface area contributed by atoms with E-state index < -0.39 is 68.5 Å². The Labute approximate surface area is 319 Å². The molecule has 2 aromatic carbocycles. The fourth-order valence-electron chi connectivity index (χ4n) is 7.92. The Kier molecular flexibility index (Phi) is 9.74. The third-order valence-corrected chi connectivity index (χ3v) is 13.0. The number of hydrogen-bond acceptors (Lipinski definition) is 10. The van der Waals surface area contributed by atoms with E-state index in [9.17, 15) is 27.6 Å². The summed E-state index contributed by atoms with van der Waals surface area (Å²) in [5.74, 6) is -2.88. The van der Waals surface area contributed by atoms with Gasteiger partial charge < -0.3 is 20.4 Å². The first-order valence-corrected chi connectivity index (χ1v) is 20.5. The summed E-state index contributed by atoms with van der Waals surface area (Å²) in [6.45, 7) is 1.64. The van der Waals surface area contributed by atoms with Gasteiger partial charge in [-0.25, -0.2) is 13.4 Å². The fraction of sp³-hybridized carbons (Fsp3) is 0.425. The van der Waals surface area contributed by atoms with Crippen molar-refractivity contribution in [3.05, 3.63) is 95.6 Å². The molecule has 55 heavy (non-hydrogen) atoms. The molecule has 3 aromatic rings. The molecule has 3 heterocycles. The topological polar surface area (TPSA) is 189 Å². The minimum absolute atomic E-state index is 0.0217. The van der Waals surface area contributed by atoms with Crippen LogP contribution in [0.2, 0.25) is 0 Å². The molecule has 286 valence electrons. The van der Waals surface area contributed by atoms with Gasteiger partial charge in [0, 0.05) is 35.9 Å². The lowest BCUT2D eigenvalue weighted by Gasteiger charge is -2.29. The van der Waals surface area contributed by atoms with E-state index in [4.69, 9.17) is 4.84 Å². The lowest BCUT2D eigenvalue weighted by atomic mass is 10.0. The van der Waals surface area contributed by atoms with Crippen molar-refractivity contribution in [2.45, 2.75) is 93.7 Å². The maximum Gasteiger partial charge on any atom is 0.272 e. The van der Waals surface area contributed by atoms with Gasteiger partial charge in [-0.1, -0.05) is 78.7 Å². The van der Waals surface area contributed by atoms with E-state index in [1.807, 2.05) is 60.7 Å². The molecule has 3 aliphatic carbocycles. The Morgan fingerprint density at radius 1 is 0.945 bits per heavy atom. The number of hydrogen-bond donors (Lipinski definition) is 3. The number of nitrogens with zero attached hydrogens (tertiary/aromatic N) is 4. The number of aryl methyl sites for hydroxylation is 1. The number of benzene rings is 2. The predicted octanol–water partition coefficient (Wildman–Crippen LogP) is 3.31. The van der Waals surface area contributed by atoms with Crippen molar-refractivity contribution in [3.8, 4) is 11.1 Å². The molecule has 0 spiro atoms. The maximum atomic E-state index is 14.6. The van der Waals surface area contributed by atoms with E-state index >= 15 is 0 Å². The van der Waals surface area contributed by atoms with Gasteiger partial charge in [-0.15, -0.1) is 0 Å². The monoisotopic (exact) mass is 765 g/mol. The van der Waals surface area contributed by atoms with Gasteiger partial charge in [0.25, 0.3) is 11.8 Å². The van der Waals surface area contributed by atoms with Crippen molar-refractivity contribution in [2.24, 2.45) is 11.1 Å². The van der Waals surface area contributed by atoms with E-state index in [0.29, 0.717) is 43.5 Å². The second kappa shape index (κ2) is 14.7. The highest BCUT2D eigenvalue weighted by molar-refractivity contribution is 7.91. The zero-order chi connectivity index (χ0) is 38.3. The molecule has 14 nitrogen and oxygen atoms in total. The molecule has 2 aliphatic heterocycles. The first kappa shape index (κ1) is 36.5. The molecule has 15 heteroatoms. The van der Waals surface area contributed by atoms with E-state index in [2.05, 4.69) is 30.5 Å². The smallest absolute Gasteiger partial charge is 0.272 e. The van der Waals surface area contributed by atoms with E-state index in [0.717, 1.165) is 35.1 Å². The number of rotatable bonds is 7. The van der Waals surface area contributed by atoms with Crippen molar-refractivity contribution in [3.63, 3.8) is 0 Å².